The van der Waals surface area contributed by atoms with Crippen LogP contribution in [0.1, 0.15) is 18.4 Å². The zero-order valence-corrected chi connectivity index (χ0v) is 13.4. The molecule has 0 aromatic heterocycles. The van der Waals surface area contributed by atoms with Crippen LogP contribution in [0.4, 0.5) is 0 Å². The second-order valence-electron chi connectivity index (χ2n) is 5.08. The number of hydrogen-bond donors (Lipinski definition) is 2. The van der Waals surface area contributed by atoms with Crippen molar-refractivity contribution in [1.29, 1.82) is 0 Å². The monoisotopic (exact) mass is 314 g/mol. The number of aryl methyl sites for hydroxylation is 1. The van der Waals surface area contributed by atoms with Gasteiger partial charge in [-0.2, -0.15) is 11.8 Å². The molecule has 0 aliphatic carbocycles. The molecule has 6 heteroatoms. The Hall–Kier alpha value is -0.560. The van der Waals surface area contributed by atoms with Crippen LogP contribution in [0.3, 0.4) is 0 Å². The van der Waals surface area contributed by atoms with Crippen LogP contribution in [0.5, 0.6) is 0 Å². The molecule has 1 unspecified atom stereocenters. The molecule has 1 aromatic rings. The first-order valence-corrected chi connectivity index (χ1v) is 9.59. The van der Waals surface area contributed by atoms with Crippen LogP contribution >= 0.6 is 11.8 Å². The van der Waals surface area contributed by atoms with Crippen molar-refractivity contribution in [3.05, 3.63) is 29.8 Å². The summed E-state index contributed by atoms with van der Waals surface area (Å²) < 4.78 is 26.7. The molecule has 1 aromatic carbocycles. The first-order valence-electron chi connectivity index (χ1n) is 6.95. The summed E-state index contributed by atoms with van der Waals surface area (Å²) in [5.74, 6) is 2.41. The van der Waals surface area contributed by atoms with Gasteiger partial charge >= 0.3 is 0 Å². The summed E-state index contributed by atoms with van der Waals surface area (Å²) in [5.41, 5.74) is 1.06. The van der Waals surface area contributed by atoms with Gasteiger partial charge in [0.25, 0.3) is 0 Å². The summed E-state index contributed by atoms with van der Waals surface area (Å²) in [6.07, 6.45) is 2.03. The Bertz CT molecular complexity index is 508. The molecule has 112 valence electrons. The number of rotatable bonds is 7. The van der Waals surface area contributed by atoms with E-state index in [0.717, 1.165) is 18.5 Å². The third-order valence-electron chi connectivity index (χ3n) is 3.34. The highest BCUT2D eigenvalue weighted by molar-refractivity contribution is 7.99. The molecule has 2 N–H and O–H groups in total. The molecule has 1 aliphatic rings. The summed E-state index contributed by atoms with van der Waals surface area (Å²) in [4.78, 5) is 0.336. The lowest BCUT2D eigenvalue weighted by Crippen LogP contribution is -2.32. The van der Waals surface area contributed by atoms with Gasteiger partial charge in [-0.25, -0.2) is 13.1 Å². The lowest BCUT2D eigenvalue weighted by molar-refractivity contribution is 0.537. The summed E-state index contributed by atoms with van der Waals surface area (Å²) >= 11 is 1.97. The van der Waals surface area contributed by atoms with Crippen LogP contribution < -0.4 is 10.0 Å². The fourth-order valence-corrected chi connectivity index (χ4v) is 4.36. The molecule has 4 nitrogen and oxygen atoms in total. The molecule has 20 heavy (non-hydrogen) atoms. The highest BCUT2D eigenvalue weighted by atomic mass is 32.2. The largest absolute Gasteiger partial charge is 0.313 e. The van der Waals surface area contributed by atoms with E-state index in [4.69, 9.17) is 0 Å². The van der Waals surface area contributed by atoms with Crippen LogP contribution in [0.15, 0.2) is 29.2 Å². The smallest absolute Gasteiger partial charge is 0.240 e. The molecule has 0 amide bonds. The van der Waals surface area contributed by atoms with Gasteiger partial charge < -0.3 is 5.32 Å². The second-order valence-corrected chi connectivity index (χ2v) is 8.00. The molecule has 1 heterocycles. The highest BCUT2D eigenvalue weighted by Gasteiger charge is 2.15. The first-order chi connectivity index (χ1) is 9.58. The van der Waals surface area contributed by atoms with E-state index < -0.39 is 10.0 Å². The fourth-order valence-electron chi connectivity index (χ4n) is 2.10. The van der Waals surface area contributed by atoms with E-state index in [1.165, 1.54) is 17.9 Å². The average Bonchev–Trinajstić information content (AvgIpc) is 2.92. The Morgan fingerprint density at radius 1 is 1.25 bits per heavy atom. The zero-order chi connectivity index (χ0) is 14.4. The van der Waals surface area contributed by atoms with E-state index >= 15 is 0 Å². The van der Waals surface area contributed by atoms with Gasteiger partial charge in [-0.3, -0.25) is 0 Å². The molecular weight excluding hydrogens is 292 g/mol. The lowest BCUT2D eigenvalue weighted by atomic mass is 10.2. The van der Waals surface area contributed by atoms with E-state index in [1.807, 2.05) is 30.8 Å². The first kappa shape index (κ1) is 15.8. The maximum atomic E-state index is 12.0. The van der Waals surface area contributed by atoms with Gasteiger partial charge in [0.05, 0.1) is 4.90 Å². The van der Waals surface area contributed by atoms with E-state index in [9.17, 15) is 8.42 Å². The second kappa shape index (κ2) is 7.45. The van der Waals surface area contributed by atoms with Gasteiger partial charge in [-0.1, -0.05) is 17.7 Å². The van der Waals surface area contributed by atoms with Gasteiger partial charge in [0.1, 0.15) is 0 Å². The van der Waals surface area contributed by atoms with Crippen LogP contribution in [0, 0.1) is 6.92 Å². The Labute approximate surface area is 125 Å². The van der Waals surface area contributed by atoms with Crippen molar-refractivity contribution in [2.45, 2.75) is 30.7 Å². The van der Waals surface area contributed by atoms with Gasteiger partial charge in [-0.05, 0) is 44.2 Å². The maximum absolute atomic E-state index is 12.0. The van der Waals surface area contributed by atoms with Crippen molar-refractivity contribution in [2.75, 3.05) is 24.6 Å². The lowest BCUT2D eigenvalue weighted by Gasteiger charge is -2.11. The molecule has 1 aliphatic heterocycles. The van der Waals surface area contributed by atoms with Gasteiger partial charge in [-0.15, -0.1) is 0 Å². The molecule has 0 bridgehead atoms. The van der Waals surface area contributed by atoms with E-state index in [2.05, 4.69) is 10.0 Å². The summed E-state index contributed by atoms with van der Waals surface area (Å²) in [7, 11) is -3.36. The highest BCUT2D eigenvalue weighted by Crippen LogP contribution is 2.16. The minimum Gasteiger partial charge on any atom is -0.313 e. The predicted octanol–water partition coefficient (Wildman–Crippen LogP) is 1.76. The van der Waals surface area contributed by atoms with Crippen molar-refractivity contribution in [1.82, 2.24) is 10.0 Å². The van der Waals surface area contributed by atoms with Crippen LogP contribution in [0.25, 0.3) is 0 Å². The minimum absolute atomic E-state index is 0.336. The van der Waals surface area contributed by atoms with Crippen molar-refractivity contribution in [3.63, 3.8) is 0 Å². The topological polar surface area (TPSA) is 58.2 Å². The number of benzene rings is 1. The Morgan fingerprint density at radius 3 is 2.65 bits per heavy atom. The maximum Gasteiger partial charge on any atom is 0.240 e. The molecule has 2 rings (SSSR count). The molecular formula is C14H22N2O2S2. The molecule has 0 spiro atoms. The van der Waals surface area contributed by atoms with Crippen molar-refractivity contribution in [3.8, 4) is 0 Å². The summed E-state index contributed by atoms with van der Waals surface area (Å²) in [5, 5.41) is 3.46. The van der Waals surface area contributed by atoms with E-state index in [0.29, 0.717) is 17.5 Å². The summed E-state index contributed by atoms with van der Waals surface area (Å²) in [6.45, 7) is 3.28. The van der Waals surface area contributed by atoms with E-state index in [1.54, 1.807) is 12.1 Å². The number of sulfonamides is 1. The van der Waals surface area contributed by atoms with Crippen LogP contribution in [-0.2, 0) is 10.0 Å². The molecule has 0 saturated carbocycles. The van der Waals surface area contributed by atoms with Crippen molar-refractivity contribution >= 4 is 21.8 Å². The summed E-state index contributed by atoms with van der Waals surface area (Å²) in [6, 6.07) is 7.52. The van der Waals surface area contributed by atoms with Crippen LogP contribution in [-0.4, -0.2) is 39.1 Å². The molecule has 0 radical (unpaired) electrons. The van der Waals surface area contributed by atoms with Crippen molar-refractivity contribution < 1.29 is 8.42 Å². The standard InChI is InChI=1S/C14H22N2O2S2/c1-12-3-5-14(6-4-12)20(17,18)16-9-2-8-15-13-7-10-19-11-13/h3-6,13,15-16H,2,7-11H2,1H3. The normalized spacial score (nSPS) is 19.4. The van der Waals surface area contributed by atoms with E-state index in [-0.39, 0.29) is 0 Å². The van der Waals surface area contributed by atoms with Crippen molar-refractivity contribution in [2.24, 2.45) is 0 Å². The molecule has 1 saturated heterocycles. The predicted molar refractivity (Wildman–Crippen MR) is 84.7 cm³/mol. The molecule has 1 fully saturated rings. The quantitative estimate of drug-likeness (QED) is 0.753. The number of nitrogens with one attached hydrogen (secondary N) is 2. The molecule has 1 atom stereocenters. The Balaban J connectivity index is 1.71. The average molecular weight is 314 g/mol. The fraction of sp³-hybridized carbons (Fsp3) is 0.571. The van der Waals surface area contributed by atoms with Gasteiger partial charge in [0, 0.05) is 18.3 Å². The van der Waals surface area contributed by atoms with Gasteiger partial charge in [0.15, 0.2) is 0 Å². The zero-order valence-electron chi connectivity index (χ0n) is 11.8. The third kappa shape index (κ3) is 4.77. The Kier molecular flexibility index (Phi) is 5.89. The minimum atomic E-state index is -3.36. The van der Waals surface area contributed by atoms with Crippen LogP contribution in [0.2, 0.25) is 0 Å². The Morgan fingerprint density at radius 2 is 2.00 bits per heavy atom. The van der Waals surface area contributed by atoms with Gasteiger partial charge in [0.2, 0.25) is 10.0 Å². The third-order valence-corrected chi connectivity index (χ3v) is 5.98. The SMILES string of the molecule is Cc1ccc(S(=O)(=O)NCCCNC2CCSC2)cc1. The number of thioether (sulfide) groups is 1. The number of hydrogen-bond acceptors (Lipinski definition) is 4.